The van der Waals surface area contributed by atoms with Gasteiger partial charge in [0.15, 0.2) is 0 Å². The summed E-state index contributed by atoms with van der Waals surface area (Å²) < 4.78 is 0. The van der Waals surface area contributed by atoms with Crippen molar-refractivity contribution >= 4 is 22.4 Å². The smallest absolute Gasteiger partial charge is 0.00733 e. The van der Waals surface area contributed by atoms with Gasteiger partial charge in [0.2, 0.25) is 0 Å². The van der Waals surface area contributed by atoms with E-state index in [-0.39, 0.29) is 0 Å². The number of hydrogen-bond donors (Lipinski definition) is 0. The van der Waals surface area contributed by atoms with E-state index in [9.17, 15) is 0 Å². The fraction of sp³-hybridized carbons (Fsp3) is 0.100. The quantitative estimate of drug-likeness (QED) is 0.539. The van der Waals surface area contributed by atoms with Gasteiger partial charge in [-0.1, -0.05) is 73.7 Å². The third kappa shape index (κ3) is 1.61. The van der Waals surface area contributed by atoms with Gasteiger partial charge in [0, 0.05) is 5.92 Å². The number of allylic oxidation sites excluding steroid dienone is 1. The van der Waals surface area contributed by atoms with Gasteiger partial charge in [0.1, 0.15) is 0 Å². The fourth-order valence-corrected chi connectivity index (χ4v) is 3.26. The van der Waals surface area contributed by atoms with E-state index in [1.54, 1.807) is 0 Å². The molecule has 0 nitrogen and oxygen atoms in total. The zero-order chi connectivity index (χ0) is 13.5. The zero-order valence-corrected chi connectivity index (χ0v) is 11.5. The van der Waals surface area contributed by atoms with Crippen LogP contribution in [0.5, 0.6) is 0 Å². The lowest BCUT2D eigenvalue weighted by Crippen LogP contribution is -1.93. The molecule has 0 aliphatic heterocycles. The Morgan fingerprint density at radius 2 is 1.50 bits per heavy atom. The molecule has 1 aliphatic rings. The summed E-state index contributed by atoms with van der Waals surface area (Å²) in [7, 11) is 0. The van der Waals surface area contributed by atoms with Crippen LogP contribution in [0.25, 0.3) is 22.4 Å². The van der Waals surface area contributed by atoms with Crippen molar-refractivity contribution in [1.29, 1.82) is 0 Å². The molecule has 3 aromatic carbocycles. The van der Waals surface area contributed by atoms with Crippen molar-refractivity contribution in [2.45, 2.75) is 12.8 Å². The minimum Gasteiger partial charge on any atom is -0.0622 e. The van der Waals surface area contributed by atoms with Crippen LogP contribution in [0.1, 0.15) is 29.5 Å². The van der Waals surface area contributed by atoms with Gasteiger partial charge >= 0.3 is 0 Å². The normalized spacial score (nSPS) is 17.1. The molecule has 0 heterocycles. The van der Waals surface area contributed by atoms with Crippen LogP contribution in [0.4, 0.5) is 0 Å². The molecule has 0 radical (unpaired) electrons. The van der Waals surface area contributed by atoms with Crippen LogP contribution in [0.2, 0.25) is 0 Å². The first-order valence-electron chi connectivity index (χ1n) is 7.13. The molecule has 0 spiro atoms. The summed E-state index contributed by atoms with van der Waals surface area (Å²) in [6.45, 7) is 2.30. The molecule has 3 aromatic rings. The van der Waals surface area contributed by atoms with Crippen molar-refractivity contribution in [3.05, 3.63) is 83.4 Å². The standard InChI is InChI=1S/C20H16/c1-14-17-12-11-16-9-5-6-10-18(16)20(17)13-19(14)15-7-3-2-4-8-15/h2-14H,1H3. The summed E-state index contributed by atoms with van der Waals surface area (Å²) in [5, 5.41) is 2.69. The largest absolute Gasteiger partial charge is 0.0622 e. The maximum Gasteiger partial charge on any atom is 0.00733 e. The van der Waals surface area contributed by atoms with E-state index < -0.39 is 0 Å². The number of benzene rings is 3. The Kier molecular flexibility index (Phi) is 2.50. The maximum absolute atomic E-state index is 2.37. The van der Waals surface area contributed by atoms with E-state index in [1.165, 1.54) is 33.0 Å². The fourth-order valence-electron chi connectivity index (χ4n) is 3.26. The highest BCUT2D eigenvalue weighted by Gasteiger charge is 2.23. The SMILES string of the molecule is CC1C(c2ccccc2)=Cc2c1ccc1ccccc21. The van der Waals surface area contributed by atoms with Crippen LogP contribution >= 0.6 is 0 Å². The van der Waals surface area contributed by atoms with E-state index in [0.717, 1.165) is 0 Å². The number of fused-ring (bicyclic) bond motifs is 3. The molecule has 1 atom stereocenters. The Bertz CT molecular complexity index is 810. The molecule has 0 fully saturated rings. The highest BCUT2D eigenvalue weighted by molar-refractivity contribution is 6.02. The summed E-state index contributed by atoms with van der Waals surface area (Å²) in [5.41, 5.74) is 5.61. The molecule has 0 N–H and O–H groups in total. The molecule has 1 unspecified atom stereocenters. The summed E-state index contributed by atoms with van der Waals surface area (Å²) in [4.78, 5) is 0. The second kappa shape index (κ2) is 4.35. The lowest BCUT2D eigenvalue weighted by atomic mass is 9.92. The van der Waals surface area contributed by atoms with Crippen LogP contribution in [0.15, 0.2) is 66.7 Å². The summed E-state index contributed by atoms with van der Waals surface area (Å²) in [6.07, 6.45) is 2.37. The predicted octanol–water partition coefficient (Wildman–Crippen LogP) is 5.50. The molecule has 20 heavy (non-hydrogen) atoms. The third-order valence-electron chi connectivity index (χ3n) is 4.34. The van der Waals surface area contributed by atoms with Crippen LogP contribution in [-0.2, 0) is 0 Å². The van der Waals surface area contributed by atoms with Crippen molar-refractivity contribution in [1.82, 2.24) is 0 Å². The van der Waals surface area contributed by atoms with Crippen LogP contribution in [0.3, 0.4) is 0 Å². The Morgan fingerprint density at radius 3 is 2.35 bits per heavy atom. The second-order valence-electron chi connectivity index (χ2n) is 5.48. The van der Waals surface area contributed by atoms with Crippen molar-refractivity contribution in [3.63, 3.8) is 0 Å². The number of rotatable bonds is 1. The van der Waals surface area contributed by atoms with Gasteiger partial charge in [-0.15, -0.1) is 0 Å². The molecule has 0 heteroatoms. The van der Waals surface area contributed by atoms with Crippen LogP contribution in [0, 0.1) is 0 Å². The van der Waals surface area contributed by atoms with Crippen molar-refractivity contribution in [2.75, 3.05) is 0 Å². The maximum atomic E-state index is 2.37. The third-order valence-corrected chi connectivity index (χ3v) is 4.34. The minimum atomic E-state index is 0.469. The van der Waals surface area contributed by atoms with Gasteiger partial charge in [0.25, 0.3) is 0 Å². The molecule has 0 saturated carbocycles. The van der Waals surface area contributed by atoms with E-state index in [1.807, 2.05) is 0 Å². The molecule has 4 rings (SSSR count). The van der Waals surface area contributed by atoms with Gasteiger partial charge < -0.3 is 0 Å². The Balaban J connectivity index is 1.96. The van der Waals surface area contributed by atoms with Gasteiger partial charge in [-0.25, -0.2) is 0 Å². The average molecular weight is 256 g/mol. The van der Waals surface area contributed by atoms with Crippen LogP contribution < -0.4 is 0 Å². The molecule has 0 saturated heterocycles. The average Bonchev–Trinajstić information content (AvgIpc) is 2.86. The van der Waals surface area contributed by atoms with Crippen molar-refractivity contribution in [3.8, 4) is 0 Å². The van der Waals surface area contributed by atoms with E-state index >= 15 is 0 Å². The predicted molar refractivity (Wildman–Crippen MR) is 86.7 cm³/mol. The minimum absolute atomic E-state index is 0.469. The topological polar surface area (TPSA) is 0 Å². The second-order valence-corrected chi connectivity index (χ2v) is 5.48. The van der Waals surface area contributed by atoms with Crippen molar-refractivity contribution < 1.29 is 0 Å². The first-order valence-corrected chi connectivity index (χ1v) is 7.13. The zero-order valence-electron chi connectivity index (χ0n) is 11.5. The Labute approximate surface area is 119 Å². The van der Waals surface area contributed by atoms with Gasteiger partial charge in [-0.3, -0.25) is 0 Å². The van der Waals surface area contributed by atoms with E-state index in [0.29, 0.717) is 5.92 Å². The lowest BCUT2D eigenvalue weighted by molar-refractivity contribution is 1.01. The molecule has 1 aliphatic carbocycles. The molecule has 0 bridgehead atoms. The van der Waals surface area contributed by atoms with Crippen LogP contribution in [-0.4, -0.2) is 0 Å². The Morgan fingerprint density at radius 1 is 0.750 bits per heavy atom. The van der Waals surface area contributed by atoms with E-state index in [4.69, 9.17) is 0 Å². The first-order chi connectivity index (χ1) is 9.84. The highest BCUT2D eigenvalue weighted by Crippen LogP contribution is 2.43. The molecule has 0 aromatic heterocycles. The van der Waals surface area contributed by atoms with Crippen molar-refractivity contribution in [2.24, 2.45) is 0 Å². The van der Waals surface area contributed by atoms with Gasteiger partial charge in [-0.2, -0.15) is 0 Å². The molecular formula is C20H16. The first kappa shape index (κ1) is 11.5. The summed E-state index contributed by atoms with van der Waals surface area (Å²) >= 11 is 0. The molecular weight excluding hydrogens is 240 g/mol. The Hall–Kier alpha value is -2.34. The van der Waals surface area contributed by atoms with Gasteiger partial charge in [-0.05, 0) is 39.1 Å². The highest BCUT2D eigenvalue weighted by atomic mass is 14.3. The summed E-state index contributed by atoms with van der Waals surface area (Å²) in [6, 6.07) is 23.9. The lowest BCUT2D eigenvalue weighted by Gasteiger charge is -2.12. The monoisotopic (exact) mass is 256 g/mol. The molecule has 0 amide bonds. The summed E-state index contributed by atoms with van der Waals surface area (Å²) in [5.74, 6) is 0.469. The number of hydrogen-bond acceptors (Lipinski definition) is 0. The van der Waals surface area contributed by atoms with Gasteiger partial charge in [0.05, 0.1) is 0 Å². The molecule has 96 valence electrons. The van der Waals surface area contributed by atoms with E-state index in [2.05, 4.69) is 79.7 Å².